The number of aromatic nitrogens is 1. The van der Waals surface area contributed by atoms with Gasteiger partial charge in [-0.2, -0.15) is 0 Å². The maximum Gasteiger partial charge on any atom is 0.119 e. The van der Waals surface area contributed by atoms with E-state index >= 15 is 0 Å². The molecule has 1 unspecified atom stereocenters. The second-order valence-electron chi connectivity index (χ2n) is 5.71. The lowest BCUT2D eigenvalue weighted by Gasteiger charge is -2.25. The summed E-state index contributed by atoms with van der Waals surface area (Å²) >= 11 is 0. The Bertz CT molecular complexity index is 806. The minimum Gasteiger partial charge on any atom is -0.494 e. The number of nitrogens with one attached hydrogen (secondary N) is 2. The molecule has 2 N–H and O–H groups in total. The molecule has 3 nitrogen and oxygen atoms in total. The number of ether oxygens (including phenoxy) is 1. The van der Waals surface area contributed by atoms with Gasteiger partial charge in [0.1, 0.15) is 5.75 Å². The Hall–Kier alpha value is -2.26. The topological polar surface area (TPSA) is 37.0 Å². The second-order valence-corrected chi connectivity index (χ2v) is 5.71. The lowest BCUT2D eigenvalue weighted by molar-refractivity contribution is 0.339. The van der Waals surface area contributed by atoms with Gasteiger partial charge in [0, 0.05) is 23.1 Å². The fourth-order valence-corrected chi connectivity index (χ4v) is 3.42. The molecule has 2 heterocycles. The normalized spacial score (nSPS) is 17.4. The summed E-state index contributed by atoms with van der Waals surface area (Å²) in [6, 6.07) is 17.2. The standard InChI is InChI=1S/C19H20N2O/c1-2-22-14-7-5-6-13(12-14)18-19-16(10-11-20-18)15-8-3-4-9-17(15)21-19/h3-9,12,18,20-21H,2,10-11H2,1H3. The number of H-pyrrole nitrogens is 1. The summed E-state index contributed by atoms with van der Waals surface area (Å²) in [7, 11) is 0. The number of rotatable bonds is 3. The van der Waals surface area contributed by atoms with Crippen LogP contribution in [0.25, 0.3) is 10.9 Å². The molecule has 22 heavy (non-hydrogen) atoms. The predicted octanol–water partition coefficient (Wildman–Crippen LogP) is 3.80. The first-order valence-corrected chi connectivity index (χ1v) is 7.92. The Labute approximate surface area is 130 Å². The van der Waals surface area contributed by atoms with Crippen LogP contribution in [0.2, 0.25) is 0 Å². The van der Waals surface area contributed by atoms with Gasteiger partial charge in [-0.3, -0.25) is 0 Å². The summed E-state index contributed by atoms with van der Waals surface area (Å²) in [5.41, 5.74) is 5.21. The van der Waals surface area contributed by atoms with E-state index in [0.717, 1.165) is 18.7 Å². The molecule has 0 amide bonds. The summed E-state index contributed by atoms with van der Waals surface area (Å²) < 4.78 is 5.65. The van der Waals surface area contributed by atoms with Crippen LogP contribution in [0.4, 0.5) is 0 Å². The number of fused-ring (bicyclic) bond motifs is 3. The molecule has 2 aromatic carbocycles. The fourth-order valence-electron chi connectivity index (χ4n) is 3.42. The van der Waals surface area contributed by atoms with Crippen LogP contribution in [0.5, 0.6) is 5.75 Å². The van der Waals surface area contributed by atoms with Crippen LogP contribution < -0.4 is 10.1 Å². The van der Waals surface area contributed by atoms with Gasteiger partial charge in [-0.25, -0.2) is 0 Å². The average molecular weight is 292 g/mol. The van der Waals surface area contributed by atoms with Gasteiger partial charge in [0.05, 0.1) is 12.6 Å². The van der Waals surface area contributed by atoms with Crippen molar-refractivity contribution in [3.05, 3.63) is 65.4 Å². The van der Waals surface area contributed by atoms with Crippen LogP contribution in [0.1, 0.15) is 29.8 Å². The van der Waals surface area contributed by atoms with Crippen LogP contribution in [-0.4, -0.2) is 18.1 Å². The Kier molecular flexibility index (Phi) is 3.35. The molecule has 0 saturated heterocycles. The number of aromatic amines is 1. The molecule has 0 spiro atoms. The molecular formula is C19H20N2O. The van der Waals surface area contributed by atoms with Crippen molar-refractivity contribution in [2.24, 2.45) is 0 Å². The summed E-state index contributed by atoms with van der Waals surface area (Å²) in [6.07, 6.45) is 1.07. The molecular weight excluding hydrogens is 272 g/mol. The SMILES string of the molecule is CCOc1cccc(C2NCCc3c2[nH]c2ccccc32)c1. The van der Waals surface area contributed by atoms with E-state index in [1.54, 1.807) is 0 Å². The maximum absolute atomic E-state index is 5.65. The highest BCUT2D eigenvalue weighted by molar-refractivity contribution is 5.85. The van der Waals surface area contributed by atoms with Crippen LogP contribution >= 0.6 is 0 Å². The first-order chi connectivity index (χ1) is 10.9. The number of hydrogen-bond donors (Lipinski definition) is 2. The molecule has 3 aromatic rings. The Morgan fingerprint density at radius 1 is 1.14 bits per heavy atom. The van der Waals surface area contributed by atoms with Crippen molar-refractivity contribution < 1.29 is 4.74 Å². The summed E-state index contributed by atoms with van der Waals surface area (Å²) in [5, 5.41) is 4.99. The van der Waals surface area contributed by atoms with Gasteiger partial charge in [-0.05, 0) is 42.7 Å². The van der Waals surface area contributed by atoms with Crippen molar-refractivity contribution in [3.8, 4) is 5.75 Å². The fraction of sp³-hybridized carbons (Fsp3) is 0.263. The molecule has 4 rings (SSSR count). The van der Waals surface area contributed by atoms with Crippen LogP contribution in [0.15, 0.2) is 48.5 Å². The van der Waals surface area contributed by atoms with Crippen LogP contribution in [-0.2, 0) is 6.42 Å². The molecule has 0 aliphatic carbocycles. The third-order valence-electron chi connectivity index (χ3n) is 4.36. The largest absolute Gasteiger partial charge is 0.494 e. The van der Waals surface area contributed by atoms with Crippen LogP contribution in [0, 0.1) is 0 Å². The molecule has 0 radical (unpaired) electrons. The molecule has 112 valence electrons. The Morgan fingerprint density at radius 3 is 2.95 bits per heavy atom. The maximum atomic E-state index is 5.65. The average Bonchev–Trinajstić information content (AvgIpc) is 2.94. The lowest BCUT2D eigenvalue weighted by atomic mass is 9.94. The van der Waals surface area contributed by atoms with E-state index in [0.29, 0.717) is 6.61 Å². The lowest BCUT2D eigenvalue weighted by Crippen LogP contribution is -2.30. The van der Waals surface area contributed by atoms with Gasteiger partial charge in [-0.15, -0.1) is 0 Å². The second kappa shape index (κ2) is 5.50. The highest BCUT2D eigenvalue weighted by Gasteiger charge is 2.25. The van der Waals surface area contributed by atoms with Crippen molar-refractivity contribution >= 4 is 10.9 Å². The zero-order valence-electron chi connectivity index (χ0n) is 12.7. The highest BCUT2D eigenvalue weighted by Crippen LogP contribution is 2.34. The van der Waals surface area contributed by atoms with Gasteiger partial charge in [-0.1, -0.05) is 30.3 Å². The molecule has 1 aliphatic heterocycles. The molecule has 1 aromatic heterocycles. The van der Waals surface area contributed by atoms with E-state index in [9.17, 15) is 0 Å². The van der Waals surface area contributed by atoms with E-state index in [2.05, 4.69) is 52.8 Å². The first kappa shape index (κ1) is 13.4. The molecule has 0 saturated carbocycles. The van der Waals surface area contributed by atoms with E-state index in [1.165, 1.54) is 27.7 Å². The Balaban J connectivity index is 1.80. The molecule has 3 heteroatoms. The zero-order valence-corrected chi connectivity index (χ0v) is 12.7. The van der Waals surface area contributed by atoms with Gasteiger partial charge in [0.2, 0.25) is 0 Å². The molecule has 0 bridgehead atoms. The quantitative estimate of drug-likeness (QED) is 0.770. The van der Waals surface area contributed by atoms with E-state index < -0.39 is 0 Å². The molecule has 0 fully saturated rings. The van der Waals surface area contributed by atoms with Crippen LogP contribution in [0.3, 0.4) is 0 Å². The third kappa shape index (κ3) is 2.18. The minimum absolute atomic E-state index is 0.205. The van der Waals surface area contributed by atoms with Gasteiger partial charge < -0.3 is 15.0 Å². The zero-order chi connectivity index (χ0) is 14.9. The van der Waals surface area contributed by atoms with Gasteiger partial charge >= 0.3 is 0 Å². The van der Waals surface area contributed by atoms with E-state index in [4.69, 9.17) is 4.74 Å². The predicted molar refractivity (Wildman–Crippen MR) is 89.5 cm³/mol. The van der Waals surface area contributed by atoms with Crippen molar-refractivity contribution in [1.82, 2.24) is 10.3 Å². The number of benzene rings is 2. The van der Waals surface area contributed by atoms with E-state index in [1.807, 2.05) is 13.0 Å². The number of para-hydroxylation sites is 1. The summed E-state index contributed by atoms with van der Waals surface area (Å²) in [4.78, 5) is 3.61. The van der Waals surface area contributed by atoms with Gasteiger partial charge in [0.15, 0.2) is 0 Å². The third-order valence-corrected chi connectivity index (χ3v) is 4.36. The summed E-state index contributed by atoms with van der Waals surface area (Å²) in [6.45, 7) is 3.71. The Morgan fingerprint density at radius 2 is 2.05 bits per heavy atom. The van der Waals surface area contributed by atoms with Crippen molar-refractivity contribution in [1.29, 1.82) is 0 Å². The van der Waals surface area contributed by atoms with E-state index in [-0.39, 0.29) is 6.04 Å². The van der Waals surface area contributed by atoms with Gasteiger partial charge in [0.25, 0.3) is 0 Å². The van der Waals surface area contributed by atoms with Crippen molar-refractivity contribution in [2.45, 2.75) is 19.4 Å². The number of hydrogen-bond acceptors (Lipinski definition) is 2. The van der Waals surface area contributed by atoms with Crippen molar-refractivity contribution in [3.63, 3.8) is 0 Å². The highest BCUT2D eigenvalue weighted by atomic mass is 16.5. The molecule has 1 atom stereocenters. The summed E-state index contributed by atoms with van der Waals surface area (Å²) in [5.74, 6) is 0.935. The minimum atomic E-state index is 0.205. The monoisotopic (exact) mass is 292 g/mol. The smallest absolute Gasteiger partial charge is 0.119 e. The molecule has 1 aliphatic rings. The first-order valence-electron chi connectivity index (χ1n) is 7.92. The van der Waals surface area contributed by atoms with Crippen molar-refractivity contribution in [2.75, 3.05) is 13.2 Å².